The Kier molecular flexibility index (Phi) is 5.22. The lowest BCUT2D eigenvalue weighted by molar-refractivity contribution is -0.124. The van der Waals surface area contributed by atoms with Crippen LogP contribution in [0.1, 0.15) is 13.3 Å². The van der Waals surface area contributed by atoms with Crippen molar-refractivity contribution in [2.24, 2.45) is 0 Å². The van der Waals surface area contributed by atoms with Crippen molar-refractivity contribution in [1.29, 1.82) is 0 Å². The third kappa shape index (κ3) is 5.22. The Labute approximate surface area is 100 Å². The lowest BCUT2D eigenvalue weighted by atomic mass is 10.2. The third-order valence-electron chi connectivity index (χ3n) is 0.726. The van der Waals surface area contributed by atoms with Crippen LogP contribution >= 0.6 is 67.8 Å². The molecule has 0 spiro atoms. The van der Waals surface area contributed by atoms with E-state index in [0.29, 0.717) is 0 Å². The topological polar surface area (TPSA) is 34.1 Å². The first-order valence-corrected chi connectivity index (χ1v) is 5.67. The molecule has 0 amide bonds. The number of carbonyl (C=O) groups excluding carboxylic acids is 2. The highest BCUT2D eigenvalue weighted by Gasteiger charge is 2.28. The van der Waals surface area contributed by atoms with Gasteiger partial charge in [-0.1, -0.05) is 0 Å². The highest BCUT2D eigenvalue weighted by molar-refractivity contribution is 14.3. The maximum Gasteiger partial charge on any atom is 0.182 e. The summed E-state index contributed by atoms with van der Waals surface area (Å²) in [7, 11) is 0. The number of hydrogen-bond acceptors (Lipinski definition) is 2. The monoisotopic (exact) mass is 478 g/mol. The summed E-state index contributed by atoms with van der Waals surface area (Å²) in [5, 5.41) is 0. The van der Waals surface area contributed by atoms with Crippen LogP contribution in [0.15, 0.2) is 0 Å². The molecule has 0 aliphatic carbocycles. The van der Waals surface area contributed by atoms with Gasteiger partial charge in [0.2, 0.25) is 0 Å². The molecule has 2 nitrogen and oxygen atoms in total. The average Bonchev–Trinajstić information content (AvgIpc) is 1.60. The van der Waals surface area contributed by atoms with Crippen LogP contribution in [-0.4, -0.2) is 11.0 Å². The van der Waals surface area contributed by atoms with Gasteiger partial charge in [-0.05, 0) is 74.7 Å². The fourth-order valence-corrected chi connectivity index (χ4v) is 0.898. The average molecular weight is 478 g/mol. The molecule has 10 heavy (non-hydrogen) atoms. The molecule has 0 fully saturated rings. The zero-order valence-corrected chi connectivity index (χ0v) is 11.6. The summed E-state index contributed by atoms with van der Waals surface area (Å²) in [6, 6.07) is 0. The molecule has 0 rings (SSSR count). The molecule has 0 atom stereocenters. The van der Waals surface area contributed by atoms with Crippen LogP contribution in [-0.2, 0) is 9.59 Å². The van der Waals surface area contributed by atoms with E-state index in [1.807, 2.05) is 67.8 Å². The smallest absolute Gasteiger partial charge is 0.182 e. The van der Waals surface area contributed by atoms with Crippen LogP contribution in [0.5, 0.6) is 0 Å². The van der Waals surface area contributed by atoms with Gasteiger partial charge in [0.1, 0.15) is 5.78 Å². The molecule has 0 aliphatic rings. The SMILES string of the molecule is CC(=O)CC(=O)C(I)(I)I. The molecule has 0 heterocycles. The summed E-state index contributed by atoms with van der Waals surface area (Å²) in [5.41, 5.74) is 0. The lowest BCUT2D eigenvalue weighted by Crippen LogP contribution is -2.18. The number of Topliss-reactive ketones (excluding diaryl/α,β-unsaturated/α-hetero) is 2. The Bertz CT molecular complexity index is 159. The molecule has 0 aliphatic heterocycles. The Morgan fingerprint density at radius 1 is 1.30 bits per heavy atom. The normalized spacial score (nSPS) is 11.2. The van der Waals surface area contributed by atoms with Gasteiger partial charge in [0, 0.05) is 0 Å². The second-order valence-corrected chi connectivity index (χ2v) is 12.8. The number of alkyl halides is 3. The number of halogens is 3. The highest BCUT2D eigenvalue weighted by Crippen LogP contribution is 2.37. The molecule has 0 N–H and O–H groups in total. The van der Waals surface area contributed by atoms with E-state index >= 15 is 0 Å². The van der Waals surface area contributed by atoms with Gasteiger partial charge in [-0.15, -0.1) is 0 Å². The zero-order valence-electron chi connectivity index (χ0n) is 5.16. The van der Waals surface area contributed by atoms with Crippen LogP contribution < -0.4 is 0 Å². The second-order valence-electron chi connectivity index (χ2n) is 1.80. The maximum absolute atomic E-state index is 11.0. The van der Waals surface area contributed by atoms with Gasteiger partial charge in [0.25, 0.3) is 0 Å². The largest absolute Gasteiger partial charge is 0.300 e. The first kappa shape index (κ1) is 11.5. The van der Waals surface area contributed by atoms with Gasteiger partial charge in [-0.3, -0.25) is 9.59 Å². The Morgan fingerprint density at radius 2 is 1.70 bits per heavy atom. The summed E-state index contributed by atoms with van der Waals surface area (Å²) in [6.07, 6.45) is 0.0504. The van der Waals surface area contributed by atoms with Gasteiger partial charge in [0.05, 0.1) is 6.42 Å². The molecule has 0 saturated heterocycles. The van der Waals surface area contributed by atoms with E-state index in [1.165, 1.54) is 6.92 Å². The van der Waals surface area contributed by atoms with Gasteiger partial charge in [-0.25, -0.2) is 0 Å². The number of hydrogen-bond donors (Lipinski definition) is 0. The van der Waals surface area contributed by atoms with Crippen molar-refractivity contribution in [1.82, 2.24) is 0 Å². The van der Waals surface area contributed by atoms with Gasteiger partial charge in [-0.2, -0.15) is 0 Å². The van der Waals surface area contributed by atoms with Crippen LogP contribution in [0.2, 0.25) is 0 Å². The summed E-state index contributed by atoms with van der Waals surface area (Å²) in [4.78, 5) is 21.5. The zero-order chi connectivity index (χ0) is 8.36. The molecule has 0 saturated carbocycles. The van der Waals surface area contributed by atoms with Crippen LogP contribution in [0, 0.1) is 0 Å². The Morgan fingerprint density at radius 3 is 1.80 bits per heavy atom. The number of carbonyl (C=O) groups is 2. The maximum atomic E-state index is 11.0. The van der Waals surface area contributed by atoms with Gasteiger partial charge in [0.15, 0.2) is 5.22 Å². The molecule has 0 bridgehead atoms. The van der Waals surface area contributed by atoms with Crippen molar-refractivity contribution in [3.8, 4) is 0 Å². The van der Waals surface area contributed by atoms with Crippen molar-refractivity contribution < 1.29 is 9.59 Å². The third-order valence-corrected chi connectivity index (χ3v) is 2.53. The summed E-state index contributed by atoms with van der Waals surface area (Å²) >= 11 is 6.02. The second kappa shape index (κ2) is 4.53. The molecule has 0 radical (unpaired) electrons. The minimum atomic E-state index is -0.459. The first-order valence-electron chi connectivity index (χ1n) is 2.43. The van der Waals surface area contributed by atoms with E-state index in [0.717, 1.165) is 0 Å². The molecule has 0 aromatic heterocycles. The van der Waals surface area contributed by atoms with E-state index < -0.39 is -0.565 Å². The highest BCUT2D eigenvalue weighted by atomic mass is 127. The van der Waals surface area contributed by atoms with Crippen molar-refractivity contribution in [3.05, 3.63) is 0 Å². The van der Waals surface area contributed by atoms with E-state index in [4.69, 9.17) is 0 Å². The molecule has 5 heteroatoms. The van der Waals surface area contributed by atoms with Crippen LogP contribution in [0.3, 0.4) is 0 Å². The van der Waals surface area contributed by atoms with Crippen molar-refractivity contribution in [3.63, 3.8) is 0 Å². The lowest BCUT2D eigenvalue weighted by Gasteiger charge is -2.07. The summed E-state index contributed by atoms with van der Waals surface area (Å²) in [5.74, 6) is -0.0961. The van der Waals surface area contributed by atoms with E-state index in [2.05, 4.69) is 0 Å². The molecular formula is C5H5I3O2. The molecule has 0 aromatic rings. The van der Waals surface area contributed by atoms with Crippen LogP contribution in [0.25, 0.3) is 0 Å². The fourth-order valence-electron chi connectivity index (χ4n) is 0.326. The Hall–Kier alpha value is 1.53. The van der Waals surface area contributed by atoms with Crippen LogP contribution in [0.4, 0.5) is 0 Å². The minimum absolute atomic E-state index is 0.0261. The predicted octanol–water partition coefficient (Wildman–Crippen LogP) is 2.49. The fraction of sp³-hybridized carbons (Fsp3) is 0.600. The first-order chi connectivity index (χ1) is 4.34. The predicted molar refractivity (Wildman–Crippen MR) is 65.1 cm³/mol. The van der Waals surface area contributed by atoms with Crippen molar-refractivity contribution >= 4 is 79.3 Å². The molecule has 58 valence electrons. The number of ketones is 2. The Balaban J connectivity index is 3.99. The van der Waals surface area contributed by atoms with Crippen molar-refractivity contribution in [2.45, 2.75) is 12.8 Å². The van der Waals surface area contributed by atoms with Gasteiger partial charge >= 0.3 is 0 Å². The summed E-state index contributed by atoms with van der Waals surface area (Å²) < 4.78 is -0.459. The number of rotatable bonds is 3. The van der Waals surface area contributed by atoms with Gasteiger partial charge < -0.3 is 0 Å². The molecule has 0 aromatic carbocycles. The van der Waals surface area contributed by atoms with E-state index in [1.54, 1.807) is 0 Å². The standard InChI is InChI=1S/C5H5I3O2/c1-3(9)2-4(10)5(6,7)8/h2H2,1H3. The summed E-state index contributed by atoms with van der Waals surface area (Å²) in [6.45, 7) is 1.42. The molecule has 0 unspecified atom stereocenters. The minimum Gasteiger partial charge on any atom is -0.300 e. The quantitative estimate of drug-likeness (QED) is 0.356. The van der Waals surface area contributed by atoms with E-state index in [9.17, 15) is 9.59 Å². The van der Waals surface area contributed by atoms with E-state index in [-0.39, 0.29) is 18.0 Å². The van der Waals surface area contributed by atoms with Crippen molar-refractivity contribution in [2.75, 3.05) is 0 Å². The molecular weight excluding hydrogens is 473 g/mol.